The van der Waals surface area contributed by atoms with Crippen molar-refractivity contribution in [2.45, 2.75) is 31.1 Å². The van der Waals surface area contributed by atoms with Crippen molar-refractivity contribution in [1.82, 2.24) is 0 Å². The van der Waals surface area contributed by atoms with Gasteiger partial charge >= 0.3 is 176 Å². The van der Waals surface area contributed by atoms with Crippen LogP contribution in [0.1, 0.15) is 31.7 Å². The van der Waals surface area contributed by atoms with E-state index in [9.17, 15) is 4.21 Å². The molecule has 0 aliphatic rings. The predicted molar refractivity (Wildman–Crippen MR) is 118 cm³/mol. The van der Waals surface area contributed by atoms with Crippen LogP contribution in [0.25, 0.3) is 5.57 Å². The SMILES string of the molecule is CCCC/C(=C(/[Te]c1ccccc1)S(=O)c1ccccc1)c1ccccc1. The zero-order valence-electron chi connectivity index (χ0n) is 15.5. The van der Waals surface area contributed by atoms with Gasteiger partial charge in [0.2, 0.25) is 0 Å². The molecule has 0 aliphatic carbocycles. The van der Waals surface area contributed by atoms with Gasteiger partial charge in [-0.15, -0.1) is 0 Å². The van der Waals surface area contributed by atoms with Crippen molar-refractivity contribution in [2.24, 2.45) is 0 Å². The van der Waals surface area contributed by atoms with E-state index in [2.05, 4.69) is 55.5 Å². The third-order valence-electron chi connectivity index (χ3n) is 4.23. The molecular formula is C24H24OSTe. The Kier molecular flexibility index (Phi) is 7.90. The fourth-order valence-corrected chi connectivity index (χ4v) is 8.50. The van der Waals surface area contributed by atoms with Gasteiger partial charge in [-0.05, 0) is 0 Å². The predicted octanol–water partition coefficient (Wildman–Crippen LogP) is 5.38. The number of unbranched alkanes of at least 4 members (excludes halogenated alkanes) is 1. The molecule has 0 aliphatic heterocycles. The molecule has 0 fully saturated rings. The van der Waals surface area contributed by atoms with Crippen LogP contribution in [0.15, 0.2) is 98.8 Å². The maximum atomic E-state index is 13.6. The topological polar surface area (TPSA) is 17.1 Å². The first-order chi connectivity index (χ1) is 13.3. The molecule has 0 bridgehead atoms. The van der Waals surface area contributed by atoms with Crippen LogP contribution in [0.4, 0.5) is 0 Å². The van der Waals surface area contributed by atoms with Crippen molar-refractivity contribution in [3.05, 3.63) is 99.5 Å². The molecule has 27 heavy (non-hydrogen) atoms. The Hall–Kier alpha value is -1.66. The third-order valence-corrected chi connectivity index (χ3v) is 10.0. The second kappa shape index (κ2) is 10.6. The fraction of sp³-hybridized carbons (Fsp3) is 0.167. The summed E-state index contributed by atoms with van der Waals surface area (Å²) in [5, 5.41) is 0. The van der Waals surface area contributed by atoms with Gasteiger partial charge in [0, 0.05) is 0 Å². The first-order valence-corrected chi connectivity index (χ1v) is 12.8. The molecule has 0 saturated heterocycles. The number of hydrogen-bond acceptors (Lipinski definition) is 1. The van der Waals surface area contributed by atoms with E-state index in [-0.39, 0.29) is 0 Å². The fourth-order valence-electron chi connectivity index (χ4n) is 2.82. The normalized spacial score (nSPS) is 13.1. The van der Waals surface area contributed by atoms with Crippen LogP contribution in [0, 0.1) is 0 Å². The molecule has 3 aromatic rings. The van der Waals surface area contributed by atoms with Crippen molar-refractivity contribution in [2.75, 3.05) is 0 Å². The van der Waals surface area contributed by atoms with Gasteiger partial charge in [-0.2, -0.15) is 0 Å². The van der Waals surface area contributed by atoms with E-state index in [0.717, 1.165) is 27.1 Å². The van der Waals surface area contributed by atoms with E-state index < -0.39 is 31.7 Å². The van der Waals surface area contributed by atoms with Crippen LogP contribution in [-0.4, -0.2) is 25.1 Å². The van der Waals surface area contributed by atoms with Crippen molar-refractivity contribution in [3.63, 3.8) is 0 Å². The summed E-state index contributed by atoms with van der Waals surface area (Å²) >= 11 is -0.730. The molecule has 3 aromatic carbocycles. The molecular weight excluding hydrogens is 464 g/mol. The summed E-state index contributed by atoms with van der Waals surface area (Å²) < 4.78 is 16.1. The quantitative estimate of drug-likeness (QED) is 0.390. The molecule has 138 valence electrons. The minimum absolute atomic E-state index is 0.730. The van der Waals surface area contributed by atoms with Crippen LogP contribution in [0.5, 0.6) is 0 Å². The summed E-state index contributed by atoms with van der Waals surface area (Å²) in [7, 11) is -1.12. The van der Waals surface area contributed by atoms with Gasteiger partial charge in [-0.25, -0.2) is 0 Å². The molecule has 1 atom stereocenters. The van der Waals surface area contributed by atoms with E-state index >= 15 is 0 Å². The van der Waals surface area contributed by atoms with E-state index in [4.69, 9.17) is 0 Å². The zero-order chi connectivity index (χ0) is 18.9. The molecule has 1 unspecified atom stereocenters. The van der Waals surface area contributed by atoms with Crippen molar-refractivity contribution in [1.29, 1.82) is 0 Å². The second-order valence-electron chi connectivity index (χ2n) is 6.23. The number of rotatable bonds is 8. The Morgan fingerprint density at radius 2 is 1.37 bits per heavy atom. The molecule has 1 nitrogen and oxygen atoms in total. The average Bonchev–Trinajstić information content (AvgIpc) is 2.75. The van der Waals surface area contributed by atoms with Gasteiger partial charge < -0.3 is 0 Å². The zero-order valence-corrected chi connectivity index (χ0v) is 18.7. The summed E-state index contributed by atoms with van der Waals surface area (Å²) in [6.07, 6.45) is 3.22. The van der Waals surface area contributed by atoms with Crippen LogP contribution in [0.2, 0.25) is 0 Å². The Balaban J connectivity index is 2.12. The van der Waals surface area contributed by atoms with Gasteiger partial charge in [0.15, 0.2) is 0 Å². The maximum absolute atomic E-state index is 13.6. The molecule has 0 saturated carbocycles. The summed E-state index contributed by atoms with van der Waals surface area (Å²) in [4.78, 5) is 0.901. The summed E-state index contributed by atoms with van der Waals surface area (Å²) in [5.41, 5.74) is 2.50. The minimum atomic E-state index is -1.12. The average molecular weight is 488 g/mol. The molecule has 0 aromatic heterocycles. The van der Waals surface area contributed by atoms with Gasteiger partial charge in [-0.1, -0.05) is 0 Å². The Morgan fingerprint density at radius 1 is 0.815 bits per heavy atom. The molecule has 0 amide bonds. The van der Waals surface area contributed by atoms with Gasteiger partial charge in [0.1, 0.15) is 0 Å². The summed E-state index contributed by atoms with van der Waals surface area (Å²) in [5.74, 6) is 0. The van der Waals surface area contributed by atoms with E-state index in [0.29, 0.717) is 0 Å². The first-order valence-electron chi connectivity index (χ1n) is 9.28. The van der Waals surface area contributed by atoms with Gasteiger partial charge in [-0.3, -0.25) is 0 Å². The molecule has 0 radical (unpaired) electrons. The molecule has 0 spiro atoms. The second-order valence-corrected chi connectivity index (χ2v) is 11.5. The van der Waals surface area contributed by atoms with Crippen LogP contribution >= 0.6 is 0 Å². The first kappa shape index (κ1) is 20.1. The number of hydrogen-bond donors (Lipinski definition) is 0. The van der Waals surface area contributed by atoms with Crippen molar-refractivity contribution < 1.29 is 4.21 Å². The molecule has 3 rings (SSSR count). The summed E-state index contributed by atoms with van der Waals surface area (Å²) in [6.45, 7) is 2.21. The van der Waals surface area contributed by atoms with Crippen LogP contribution in [-0.2, 0) is 10.8 Å². The van der Waals surface area contributed by atoms with Crippen molar-refractivity contribution >= 4 is 40.9 Å². The third kappa shape index (κ3) is 5.66. The van der Waals surface area contributed by atoms with Crippen LogP contribution in [0.3, 0.4) is 0 Å². The number of benzene rings is 3. The van der Waals surface area contributed by atoms with Crippen molar-refractivity contribution in [3.8, 4) is 0 Å². The van der Waals surface area contributed by atoms with Gasteiger partial charge in [0.25, 0.3) is 0 Å². The Labute approximate surface area is 175 Å². The Bertz CT molecular complexity index is 889. The molecule has 0 N–H and O–H groups in total. The van der Waals surface area contributed by atoms with Crippen LogP contribution < -0.4 is 3.61 Å². The van der Waals surface area contributed by atoms with Gasteiger partial charge in [0.05, 0.1) is 0 Å². The summed E-state index contributed by atoms with van der Waals surface area (Å²) in [6, 6.07) is 31.0. The van der Waals surface area contributed by atoms with E-state index in [1.54, 1.807) is 0 Å². The molecule has 3 heteroatoms. The van der Waals surface area contributed by atoms with E-state index in [1.807, 2.05) is 42.5 Å². The number of allylic oxidation sites excluding steroid dienone is 1. The van der Waals surface area contributed by atoms with E-state index in [1.165, 1.54) is 14.7 Å². The molecule has 0 heterocycles. The Morgan fingerprint density at radius 3 is 1.96 bits per heavy atom. The monoisotopic (exact) mass is 490 g/mol. The standard InChI is InChI=1S/C24H24OSTe/c1-2-3-19-23(20-13-7-4-8-14-20)24(27-22-17-11-6-12-18-22)26(25)21-15-9-5-10-16-21/h4-18H,2-3,19H2,1H3/b24-23-.